The molecular formula is C57H48N2O4. The van der Waals surface area contributed by atoms with E-state index in [4.69, 9.17) is 9.47 Å². The summed E-state index contributed by atoms with van der Waals surface area (Å²) in [4.78, 5) is 28.4. The van der Waals surface area contributed by atoms with Crippen LogP contribution in [0.3, 0.4) is 0 Å². The van der Waals surface area contributed by atoms with Gasteiger partial charge in [0.25, 0.3) is 0 Å². The number of hydrogen-bond acceptors (Lipinski definition) is 6. The number of fused-ring (bicyclic) bond motifs is 5. The number of carbonyl (C=O) groups is 2. The van der Waals surface area contributed by atoms with Crippen LogP contribution in [0.4, 0.5) is 34.1 Å². The van der Waals surface area contributed by atoms with Crippen molar-refractivity contribution in [1.82, 2.24) is 0 Å². The first-order valence-corrected chi connectivity index (χ1v) is 21.3. The van der Waals surface area contributed by atoms with Crippen LogP contribution in [0.1, 0.15) is 36.1 Å². The second-order valence-electron chi connectivity index (χ2n) is 16.3. The average molecular weight is 825 g/mol. The van der Waals surface area contributed by atoms with Crippen LogP contribution in [-0.2, 0) is 37.3 Å². The van der Waals surface area contributed by atoms with Gasteiger partial charge < -0.3 is 19.3 Å². The lowest BCUT2D eigenvalue weighted by molar-refractivity contribution is -0.138. The Labute approximate surface area is 369 Å². The highest BCUT2D eigenvalue weighted by Gasteiger charge is 2.37. The molecule has 0 saturated carbocycles. The number of nitrogens with zero attached hydrogens (tertiary/aromatic N) is 2. The lowest BCUT2D eigenvalue weighted by atomic mass is 9.82. The van der Waals surface area contributed by atoms with Crippen molar-refractivity contribution in [3.63, 3.8) is 0 Å². The van der Waals surface area contributed by atoms with Gasteiger partial charge in [-0.3, -0.25) is 0 Å². The van der Waals surface area contributed by atoms with E-state index < -0.39 is 11.9 Å². The van der Waals surface area contributed by atoms with Crippen molar-refractivity contribution < 1.29 is 19.1 Å². The van der Waals surface area contributed by atoms with Gasteiger partial charge in [-0.2, -0.15) is 0 Å². The van der Waals surface area contributed by atoms with Crippen LogP contribution in [0.25, 0.3) is 32.7 Å². The Kier molecular flexibility index (Phi) is 11.2. The summed E-state index contributed by atoms with van der Waals surface area (Å²) < 4.78 is 10.7. The van der Waals surface area contributed by atoms with Crippen molar-refractivity contribution in [2.24, 2.45) is 0 Å². The van der Waals surface area contributed by atoms with E-state index in [1.54, 1.807) is 0 Å². The highest BCUT2D eigenvalue weighted by molar-refractivity contribution is 6.01. The predicted molar refractivity (Wildman–Crippen MR) is 258 cm³/mol. The summed E-state index contributed by atoms with van der Waals surface area (Å²) in [7, 11) is 0. The van der Waals surface area contributed by atoms with Gasteiger partial charge in [-0.05, 0) is 105 Å². The molecule has 6 heteroatoms. The van der Waals surface area contributed by atoms with Crippen molar-refractivity contribution in [1.29, 1.82) is 0 Å². The average Bonchev–Trinajstić information content (AvgIpc) is 3.54. The summed E-state index contributed by atoms with van der Waals surface area (Å²) in [5.74, 6) is -0.845. The highest BCUT2D eigenvalue weighted by atomic mass is 16.5. The molecule has 8 aromatic carbocycles. The molecule has 1 aliphatic rings. The van der Waals surface area contributed by atoms with Crippen molar-refractivity contribution >= 4 is 67.6 Å². The Bertz CT molecular complexity index is 2840. The SMILES string of the molecule is C=CC(=O)OCCc1cccc(N(c2ccc3c(c2)C(C)(C)c2cc(N(c4cccc(CCOC(=O)C=C)c4)c4cccc5ccccc45)ccc2-3)c2cccc3ccccc23)c1. The molecule has 0 heterocycles. The van der Waals surface area contributed by atoms with Crippen molar-refractivity contribution in [2.45, 2.75) is 32.1 Å². The standard InChI is InChI=1S/C57H48N2O4/c1-5-55(60)62-33-31-39-15-11-21-43(35-39)58(53-25-13-19-41-17-7-9-23-47(41)53)45-27-29-49-50-30-28-46(38-52(50)57(3,4)51(49)37-45)59(54-26-14-20-42-18-8-10-24-48(42)54)44-22-12-16-40(36-44)32-34-63-56(61)6-2/h5-30,35-38H,1-2,31-34H2,3-4H3. The zero-order chi connectivity index (χ0) is 43.5. The van der Waals surface area contributed by atoms with E-state index in [0.29, 0.717) is 12.8 Å². The zero-order valence-corrected chi connectivity index (χ0v) is 35.6. The summed E-state index contributed by atoms with van der Waals surface area (Å²) in [6.45, 7) is 12.3. The van der Waals surface area contributed by atoms with Crippen LogP contribution in [0, 0.1) is 0 Å². The van der Waals surface area contributed by atoms with Crippen LogP contribution in [-0.4, -0.2) is 25.2 Å². The minimum absolute atomic E-state index is 0.270. The van der Waals surface area contributed by atoms with Crippen molar-refractivity contribution in [2.75, 3.05) is 23.0 Å². The maximum absolute atomic E-state index is 11.8. The molecule has 8 aromatic rings. The van der Waals surface area contributed by atoms with E-state index >= 15 is 0 Å². The van der Waals surface area contributed by atoms with Crippen LogP contribution in [0.15, 0.2) is 195 Å². The second-order valence-corrected chi connectivity index (χ2v) is 16.3. The molecule has 310 valence electrons. The van der Waals surface area contributed by atoms with E-state index in [1.807, 2.05) is 0 Å². The first-order chi connectivity index (χ1) is 30.7. The third-order valence-electron chi connectivity index (χ3n) is 12.1. The molecule has 9 rings (SSSR count). The molecule has 0 N–H and O–H groups in total. The quantitative estimate of drug-likeness (QED) is 0.0804. The Balaban J connectivity index is 1.13. The highest BCUT2D eigenvalue weighted by Crippen LogP contribution is 2.53. The number of esters is 2. The maximum Gasteiger partial charge on any atom is 0.330 e. The molecule has 0 saturated heterocycles. The van der Waals surface area contributed by atoms with E-state index in [0.717, 1.165) is 66.8 Å². The molecule has 1 aliphatic carbocycles. The van der Waals surface area contributed by atoms with E-state index in [-0.39, 0.29) is 18.6 Å². The normalized spacial score (nSPS) is 12.3. The summed E-state index contributed by atoms with van der Waals surface area (Å²) in [6, 6.07) is 60.6. The minimum atomic E-state index is -0.423. The Morgan fingerprint density at radius 3 is 1.33 bits per heavy atom. The van der Waals surface area contributed by atoms with Gasteiger partial charge in [0, 0.05) is 63.9 Å². The first-order valence-electron chi connectivity index (χ1n) is 21.3. The fraction of sp³-hybridized carbons (Fsp3) is 0.123. The number of anilines is 6. The van der Waals surface area contributed by atoms with Gasteiger partial charge in [0.1, 0.15) is 0 Å². The van der Waals surface area contributed by atoms with Gasteiger partial charge in [0.2, 0.25) is 0 Å². The van der Waals surface area contributed by atoms with Gasteiger partial charge in [-0.15, -0.1) is 0 Å². The third kappa shape index (κ3) is 7.99. The third-order valence-corrected chi connectivity index (χ3v) is 12.1. The smallest absolute Gasteiger partial charge is 0.330 e. The lowest BCUT2D eigenvalue weighted by Gasteiger charge is -2.30. The molecular weight excluding hydrogens is 777 g/mol. The van der Waals surface area contributed by atoms with Crippen LogP contribution >= 0.6 is 0 Å². The monoisotopic (exact) mass is 824 g/mol. The zero-order valence-electron chi connectivity index (χ0n) is 35.6. The minimum Gasteiger partial charge on any atom is -0.462 e. The van der Waals surface area contributed by atoms with Gasteiger partial charge in [-0.1, -0.05) is 136 Å². The first kappa shape index (κ1) is 40.7. The Morgan fingerprint density at radius 2 is 0.889 bits per heavy atom. The summed E-state index contributed by atoms with van der Waals surface area (Å²) in [6.07, 6.45) is 3.55. The van der Waals surface area contributed by atoms with Gasteiger partial charge in [0.05, 0.1) is 24.6 Å². The molecule has 0 atom stereocenters. The summed E-state index contributed by atoms with van der Waals surface area (Å²) in [5, 5.41) is 4.61. The molecule has 0 amide bonds. The fourth-order valence-corrected chi connectivity index (χ4v) is 9.01. The molecule has 0 bridgehead atoms. The van der Waals surface area contributed by atoms with Crippen LogP contribution < -0.4 is 9.80 Å². The van der Waals surface area contributed by atoms with E-state index in [9.17, 15) is 9.59 Å². The van der Waals surface area contributed by atoms with Gasteiger partial charge >= 0.3 is 11.9 Å². The molecule has 0 aromatic heterocycles. The number of rotatable bonds is 14. The number of hydrogen-bond donors (Lipinski definition) is 0. The molecule has 0 spiro atoms. The number of carbonyl (C=O) groups excluding carboxylic acids is 2. The Hall–Kier alpha value is -7.70. The van der Waals surface area contributed by atoms with Crippen LogP contribution in [0.5, 0.6) is 0 Å². The van der Waals surface area contributed by atoms with E-state index in [1.165, 1.54) is 34.4 Å². The molecule has 0 unspecified atom stereocenters. The van der Waals surface area contributed by atoms with Crippen molar-refractivity contribution in [3.8, 4) is 11.1 Å². The summed E-state index contributed by atoms with van der Waals surface area (Å²) in [5.41, 5.74) is 13.0. The molecule has 0 radical (unpaired) electrons. The lowest BCUT2D eigenvalue weighted by Crippen LogP contribution is -2.18. The topological polar surface area (TPSA) is 59.1 Å². The molecule has 0 aliphatic heterocycles. The largest absolute Gasteiger partial charge is 0.462 e. The van der Waals surface area contributed by atoms with Crippen molar-refractivity contribution in [3.05, 3.63) is 217 Å². The van der Waals surface area contributed by atoms with Crippen LogP contribution in [0.2, 0.25) is 0 Å². The Morgan fingerprint density at radius 1 is 0.492 bits per heavy atom. The second kappa shape index (κ2) is 17.3. The fourth-order valence-electron chi connectivity index (χ4n) is 9.01. The number of benzene rings is 8. The predicted octanol–water partition coefficient (Wildman–Crippen LogP) is 13.8. The molecule has 6 nitrogen and oxygen atoms in total. The van der Waals surface area contributed by atoms with Gasteiger partial charge in [-0.25, -0.2) is 9.59 Å². The molecule has 0 fully saturated rings. The number of ether oxygens (including phenoxy) is 2. The maximum atomic E-state index is 11.8. The van der Waals surface area contributed by atoms with Gasteiger partial charge in [0.15, 0.2) is 0 Å². The summed E-state index contributed by atoms with van der Waals surface area (Å²) >= 11 is 0. The molecule has 63 heavy (non-hydrogen) atoms. The van der Waals surface area contributed by atoms with E-state index in [2.05, 4.69) is 207 Å².